The first-order valence-corrected chi connectivity index (χ1v) is 8.66. The van der Waals surface area contributed by atoms with Gasteiger partial charge < -0.3 is 10.2 Å². The Bertz CT molecular complexity index is 524. The van der Waals surface area contributed by atoms with Crippen LogP contribution < -0.4 is 5.32 Å². The summed E-state index contributed by atoms with van der Waals surface area (Å²) >= 11 is 0. The summed E-state index contributed by atoms with van der Waals surface area (Å²) < 4.78 is 25.1. The van der Waals surface area contributed by atoms with E-state index in [0.717, 1.165) is 25.2 Å². The number of anilines is 1. The lowest BCUT2D eigenvalue weighted by molar-refractivity contribution is 0.273. The standard InChI is InChI=1S/C15H27N3O2S/c1-13(2)18(5)12-6-11-16-14-7-9-15(10-8-14)21(19,20)17(3)4/h7-10,13,16H,6,11-12H2,1-5H3. The summed E-state index contributed by atoms with van der Waals surface area (Å²) in [6, 6.07) is 7.45. The molecule has 0 saturated heterocycles. The van der Waals surface area contributed by atoms with E-state index in [1.54, 1.807) is 12.1 Å². The first-order chi connectivity index (χ1) is 9.75. The lowest BCUT2D eigenvalue weighted by Crippen LogP contribution is -2.28. The third-order valence-electron chi connectivity index (χ3n) is 3.53. The van der Waals surface area contributed by atoms with Crippen LogP contribution in [0.25, 0.3) is 0 Å². The predicted octanol–water partition coefficient (Wildman–Crippen LogP) is 2.08. The van der Waals surface area contributed by atoms with Crippen molar-refractivity contribution in [3.63, 3.8) is 0 Å². The van der Waals surface area contributed by atoms with Crippen LogP contribution >= 0.6 is 0 Å². The largest absolute Gasteiger partial charge is 0.385 e. The Morgan fingerprint density at radius 1 is 1.10 bits per heavy atom. The summed E-state index contributed by atoms with van der Waals surface area (Å²) in [5.41, 5.74) is 0.944. The van der Waals surface area contributed by atoms with Crippen molar-refractivity contribution >= 4 is 15.7 Å². The van der Waals surface area contributed by atoms with E-state index in [0.29, 0.717) is 10.9 Å². The monoisotopic (exact) mass is 313 g/mol. The fraction of sp³-hybridized carbons (Fsp3) is 0.600. The molecule has 0 amide bonds. The highest BCUT2D eigenvalue weighted by Gasteiger charge is 2.16. The van der Waals surface area contributed by atoms with Gasteiger partial charge in [-0.15, -0.1) is 0 Å². The SMILES string of the molecule is CC(C)N(C)CCCNc1ccc(S(=O)(=O)N(C)C)cc1. The van der Waals surface area contributed by atoms with Gasteiger partial charge in [0.1, 0.15) is 0 Å². The molecule has 1 N–H and O–H groups in total. The second-order valence-electron chi connectivity index (χ2n) is 5.67. The van der Waals surface area contributed by atoms with Crippen LogP contribution in [0, 0.1) is 0 Å². The first kappa shape index (κ1) is 17.9. The molecule has 1 aromatic carbocycles. The zero-order valence-corrected chi connectivity index (χ0v) is 14.4. The van der Waals surface area contributed by atoms with E-state index >= 15 is 0 Å². The van der Waals surface area contributed by atoms with E-state index in [9.17, 15) is 8.42 Å². The van der Waals surface area contributed by atoms with Gasteiger partial charge in [-0.2, -0.15) is 0 Å². The van der Waals surface area contributed by atoms with Gasteiger partial charge in [-0.1, -0.05) is 0 Å². The number of nitrogens with one attached hydrogen (secondary N) is 1. The molecule has 6 heteroatoms. The third-order valence-corrected chi connectivity index (χ3v) is 5.36. The molecule has 1 aromatic rings. The zero-order chi connectivity index (χ0) is 16.0. The average molecular weight is 313 g/mol. The van der Waals surface area contributed by atoms with E-state index < -0.39 is 10.0 Å². The number of hydrogen-bond acceptors (Lipinski definition) is 4. The van der Waals surface area contributed by atoms with E-state index in [1.807, 2.05) is 12.1 Å². The molecule has 0 bridgehead atoms. The normalized spacial score (nSPS) is 12.4. The molecule has 0 aliphatic rings. The lowest BCUT2D eigenvalue weighted by Gasteiger charge is -2.20. The van der Waals surface area contributed by atoms with Gasteiger partial charge in [-0.3, -0.25) is 0 Å². The summed E-state index contributed by atoms with van der Waals surface area (Å²) in [6.45, 7) is 6.27. The lowest BCUT2D eigenvalue weighted by atomic mass is 10.3. The van der Waals surface area contributed by atoms with Crippen LogP contribution in [0.5, 0.6) is 0 Å². The average Bonchev–Trinajstić information content (AvgIpc) is 2.43. The fourth-order valence-corrected chi connectivity index (χ4v) is 2.68. The highest BCUT2D eigenvalue weighted by Crippen LogP contribution is 2.16. The highest BCUT2D eigenvalue weighted by molar-refractivity contribution is 7.89. The number of benzene rings is 1. The quantitative estimate of drug-likeness (QED) is 0.747. The molecule has 0 unspecified atom stereocenters. The van der Waals surface area contributed by atoms with Crippen LogP contribution in [-0.4, -0.2) is 57.9 Å². The van der Waals surface area contributed by atoms with Crippen LogP contribution in [0.3, 0.4) is 0 Å². The van der Waals surface area contributed by atoms with Crippen molar-refractivity contribution in [3.05, 3.63) is 24.3 Å². The van der Waals surface area contributed by atoms with E-state index in [2.05, 4.69) is 31.1 Å². The number of nitrogens with zero attached hydrogens (tertiary/aromatic N) is 2. The molecule has 0 heterocycles. The maximum absolute atomic E-state index is 11.9. The van der Waals surface area contributed by atoms with Crippen LogP contribution in [0.2, 0.25) is 0 Å². The molecular weight excluding hydrogens is 286 g/mol. The van der Waals surface area contributed by atoms with Gasteiger partial charge in [0.25, 0.3) is 0 Å². The minimum absolute atomic E-state index is 0.317. The molecule has 21 heavy (non-hydrogen) atoms. The van der Waals surface area contributed by atoms with Gasteiger partial charge in [0.05, 0.1) is 4.90 Å². The summed E-state index contributed by atoms with van der Waals surface area (Å²) in [4.78, 5) is 2.62. The topological polar surface area (TPSA) is 52.7 Å². The maximum atomic E-state index is 11.9. The van der Waals surface area contributed by atoms with Crippen LogP contribution in [0.1, 0.15) is 20.3 Å². The molecule has 0 spiro atoms. The zero-order valence-electron chi connectivity index (χ0n) is 13.6. The van der Waals surface area contributed by atoms with Crippen molar-refractivity contribution in [1.29, 1.82) is 0 Å². The van der Waals surface area contributed by atoms with Gasteiger partial charge >= 0.3 is 0 Å². The highest BCUT2D eigenvalue weighted by atomic mass is 32.2. The van der Waals surface area contributed by atoms with Gasteiger partial charge in [0.15, 0.2) is 0 Å². The van der Waals surface area contributed by atoms with E-state index in [4.69, 9.17) is 0 Å². The van der Waals surface area contributed by atoms with Gasteiger partial charge in [-0.05, 0) is 58.1 Å². The first-order valence-electron chi connectivity index (χ1n) is 7.22. The molecule has 1 rings (SSSR count). The second kappa shape index (κ2) is 7.77. The number of rotatable bonds is 8. The molecule has 0 atom stereocenters. The van der Waals surface area contributed by atoms with Crippen molar-refractivity contribution in [2.45, 2.75) is 31.2 Å². The molecule has 0 fully saturated rings. The summed E-state index contributed by atoms with van der Waals surface area (Å²) in [7, 11) is 1.84. The molecule has 0 aromatic heterocycles. The molecule has 0 saturated carbocycles. The predicted molar refractivity (Wildman–Crippen MR) is 88.2 cm³/mol. The van der Waals surface area contributed by atoms with Crippen molar-refractivity contribution in [2.75, 3.05) is 39.5 Å². The Labute approximate surface area is 129 Å². The Hall–Kier alpha value is -1.11. The fourth-order valence-electron chi connectivity index (χ4n) is 1.77. The molecular formula is C15H27N3O2S. The number of sulfonamides is 1. The minimum atomic E-state index is -3.34. The molecule has 0 aliphatic heterocycles. The van der Waals surface area contributed by atoms with Gasteiger partial charge in [-0.25, -0.2) is 12.7 Å². The Morgan fingerprint density at radius 3 is 2.14 bits per heavy atom. The van der Waals surface area contributed by atoms with E-state index in [-0.39, 0.29) is 0 Å². The molecule has 0 aliphatic carbocycles. The molecule has 5 nitrogen and oxygen atoms in total. The van der Waals surface area contributed by atoms with Crippen LogP contribution in [0.4, 0.5) is 5.69 Å². The van der Waals surface area contributed by atoms with Crippen molar-refractivity contribution in [3.8, 4) is 0 Å². The molecule has 0 radical (unpaired) electrons. The Balaban J connectivity index is 2.49. The Kier molecular flexibility index (Phi) is 6.64. The van der Waals surface area contributed by atoms with Crippen molar-refractivity contribution in [1.82, 2.24) is 9.21 Å². The van der Waals surface area contributed by atoms with E-state index in [1.165, 1.54) is 18.4 Å². The number of hydrogen-bond donors (Lipinski definition) is 1. The summed E-state index contributed by atoms with van der Waals surface area (Å²) in [5.74, 6) is 0. The third kappa shape index (κ3) is 5.30. The minimum Gasteiger partial charge on any atom is -0.385 e. The van der Waals surface area contributed by atoms with Gasteiger partial charge in [0.2, 0.25) is 10.0 Å². The second-order valence-corrected chi connectivity index (χ2v) is 7.82. The van der Waals surface area contributed by atoms with Crippen molar-refractivity contribution in [2.24, 2.45) is 0 Å². The summed E-state index contributed by atoms with van der Waals surface area (Å²) in [6.07, 6.45) is 1.05. The maximum Gasteiger partial charge on any atom is 0.242 e. The van der Waals surface area contributed by atoms with Crippen LogP contribution in [0.15, 0.2) is 29.2 Å². The van der Waals surface area contributed by atoms with Gasteiger partial charge in [0, 0.05) is 32.4 Å². The van der Waals surface area contributed by atoms with Crippen molar-refractivity contribution < 1.29 is 8.42 Å². The van der Waals surface area contributed by atoms with Crippen LogP contribution in [-0.2, 0) is 10.0 Å². The summed E-state index contributed by atoms with van der Waals surface area (Å²) in [5, 5.41) is 3.31. The molecule has 120 valence electrons. The smallest absolute Gasteiger partial charge is 0.242 e. The Morgan fingerprint density at radius 2 is 1.67 bits per heavy atom.